The van der Waals surface area contributed by atoms with Gasteiger partial charge in [-0.25, -0.2) is 0 Å². The first-order valence-corrected chi connectivity index (χ1v) is 6.85. The van der Waals surface area contributed by atoms with Crippen molar-refractivity contribution in [2.75, 3.05) is 13.7 Å². The zero-order chi connectivity index (χ0) is 14.6. The first-order chi connectivity index (χ1) is 8.78. The van der Waals surface area contributed by atoms with Gasteiger partial charge in [0.05, 0.1) is 5.92 Å². The zero-order valence-electron chi connectivity index (χ0n) is 12.9. The van der Waals surface area contributed by atoms with Crippen molar-refractivity contribution in [3.8, 4) is 0 Å². The summed E-state index contributed by atoms with van der Waals surface area (Å²) in [5.74, 6) is 1.63. The van der Waals surface area contributed by atoms with E-state index >= 15 is 0 Å². The Labute approximate surface area is 115 Å². The number of aromatic nitrogens is 2. The molecular formula is C14H27N3O2. The van der Waals surface area contributed by atoms with Gasteiger partial charge in [-0.2, -0.15) is 4.98 Å². The van der Waals surface area contributed by atoms with Crippen molar-refractivity contribution in [3.63, 3.8) is 0 Å². The van der Waals surface area contributed by atoms with Crippen LogP contribution in [0.15, 0.2) is 4.52 Å². The number of ether oxygens (including phenoxy) is 1. The van der Waals surface area contributed by atoms with E-state index in [0.29, 0.717) is 24.2 Å². The molecule has 110 valence electrons. The number of nitrogens with two attached hydrogens (primary N) is 1. The summed E-state index contributed by atoms with van der Waals surface area (Å²) in [5.41, 5.74) is 6.01. The van der Waals surface area contributed by atoms with E-state index in [9.17, 15) is 0 Å². The number of nitrogens with zero attached hydrogens (tertiary/aromatic N) is 2. The fraction of sp³-hybridized carbons (Fsp3) is 0.857. The van der Waals surface area contributed by atoms with Crippen LogP contribution in [0.5, 0.6) is 0 Å². The molecule has 1 rings (SSSR count). The molecule has 0 aliphatic heterocycles. The van der Waals surface area contributed by atoms with Gasteiger partial charge in [-0.05, 0) is 17.8 Å². The monoisotopic (exact) mass is 269 g/mol. The van der Waals surface area contributed by atoms with Gasteiger partial charge in [0, 0.05) is 13.7 Å². The van der Waals surface area contributed by atoms with E-state index in [2.05, 4.69) is 44.8 Å². The lowest BCUT2D eigenvalue weighted by atomic mass is 9.84. The van der Waals surface area contributed by atoms with E-state index in [1.165, 1.54) is 0 Å². The van der Waals surface area contributed by atoms with E-state index in [-0.39, 0.29) is 17.4 Å². The Kier molecular flexibility index (Phi) is 5.50. The van der Waals surface area contributed by atoms with Crippen LogP contribution in [0.1, 0.15) is 64.8 Å². The second-order valence-corrected chi connectivity index (χ2v) is 6.59. The van der Waals surface area contributed by atoms with Crippen molar-refractivity contribution in [1.82, 2.24) is 10.1 Å². The first-order valence-electron chi connectivity index (χ1n) is 6.85. The third kappa shape index (κ3) is 4.58. The third-order valence-corrected chi connectivity index (χ3v) is 3.06. The van der Waals surface area contributed by atoms with Crippen LogP contribution in [0.25, 0.3) is 0 Å². The fourth-order valence-electron chi connectivity index (χ4n) is 2.22. The minimum absolute atomic E-state index is 0.103. The first kappa shape index (κ1) is 16.1. The Hall–Kier alpha value is -0.940. The van der Waals surface area contributed by atoms with Crippen LogP contribution in [-0.2, 0) is 4.74 Å². The SMILES string of the molecule is COC(c1noc(C(CN)CC(C)(C)C)n1)C(C)C. The Morgan fingerprint density at radius 3 is 2.37 bits per heavy atom. The highest BCUT2D eigenvalue weighted by Crippen LogP contribution is 2.31. The highest BCUT2D eigenvalue weighted by molar-refractivity contribution is 4.99. The molecule has 0 radical (unpaired) electrons. The molecule has 0 amide bonds. The summed E-state index contributed by atoms with van der Waals surface area (Å²) in [7, 11) is 1.66. The molecule has 0 bridgehead atoms. The minimum Gasteiger partial charge on any atom is -0.373 e. The lowest BCUT2D eigenvalue weighted by Gasteiger charge is -2.22. The second kappa shape index (κ2) is 6.48. The van der Waals surface area contributed by atoms with Gasteiger partial charge in [0.25, 0.3) is 0 Å². The molecule has 0 aliphatic rings. The van der Waals surface area contributed by atoms with Crippen molar-refractivity contribution in [1.29, 1.82) is 0 Å². The zero-order valence-corrected chi connectivity index (χ0v) is 12.9. The summed E-state index contributed by atoms with van der Waals surface area (Å²) >= 11 is 0. The third-order valence-electron chi connectivity index (χ3n) is 3.06. The molecule has 0 saturated heterocycles. The summed E-state index contributed by atoms with van der Waals surface area (Å²) < 4.78 is 10.8. The summed E-state index contributed by atoms with van der Waals surface area (Å²) in [5, 5.41) is 4.04. The second-order valence-electron chi connectivity index (χ2n) is 6.59. The lowest BCUT2D eigenvalue weighted by Crippen LogP contribution is -2.20. The Bertz CT molecular complexity index is 382. The van der Waals surface area contributed by atoms with E-state index in [0.717, 1.165) is 6.42 Å². The molecule has 1 aromatic rings. The summed E-state index contributed by atoms with van der Waals surface area (Å²) in [4.78, 5) is 4.48. The fourth-order valence-corrected chi connectivity index (χ4v) is 2.22. The van der Waals surface area contributed by atoms with Gasteiger partial charge in [-0.3, -0.25) is 0 Å². The smallest absolute Gasteiger partial charge is 0.231 e. The van der Waals surface area contributed by atoms with Crippen LogP contribution in [0.3, 0.4) is 0 Å². The maximum absolute atomic E-state index is 5.83. The Morgan fingerprint density at radius 2 is 1.95 bits per heavy atom. The van der Waals surface area contributed by atoms with E-state index in [4.69, 9.17) is 15.0 Å². The van der Waals surface area contributed by atoms with Crippen LogP contribution in [0.2, 0.25) is 0 Å². The molecule has 5 heteroatoms. The maximum Gasteiger partial charge on any atom is 0.231 e. The maximum atomic E-state index is 5.83. The van der Waals surface area contributed by atoms with Crippen LogP contribution in [0.4, 0.5) is 0 Å². The summed E-state index contributed by atoms with van der Waals surface area (Å²) in [6.45, 7) is 11.2. The van der Waals surface area contributed by atoms with Crippen LogP contribution < -0.4 is 5.73 Å². The van der Waals surface area contributed by atoms with E-state index in [1.54, 1.807) is 7.11 Å². The molecule has 0 saturated carbocycles. The van der Waals surface area contributed by atoms with E-state index < -0.39 is 0 Å². The normalized spacial score (nSPS) is 15.8. The summed E-state index contributed by atoms with van der Waals surface area (Å²) in [6.07, 6.45) is 0.787. The molecule has 2 atom stereocenters. The van der Waals surface area contributed by atoms with Gasteiger partial charge in [0.15, 0.2) is 0 Å². The van der Waals surface area contributed by atoms with Gasteiger partial charge >= 0.3 is 0 Å². The van der Waals surface area contributed by atoms with Crippen molar-refractivity contribution in [2.45, 2.75) is 53.1 Å². The van der Waals surface area contributed by atoms with Crippen molar-refractivity contribution < 1.29 is 9.26 Å². The van der Waals surface area contributed by atoms with Gasteiger partial charge in [-0.1, -0.05) is 39.8 Å². The highest BCUT2D eigenvalue weighted by Gasteiger charge is 2.27. The molecule has 0 aliphatic carbocycles. The predicted octanol–water partition coefficient (Wildman–Crippen LogP) is 2.89. The molecule has 0 aromatic carbocycles. The molecular weight excluding hydrogens is 242 g/mol. The number of rotatable bonds is 6. The standard InChI is InChI=1S/C14H27N3O2/c1-9(2)11(18-6)12-16-13(19-17-12)10(8-15)7-14(3,4)5/h9-11H,7-8,15H2,1-6H3. The Balaban J connectivity index is 2.87. The van der Waals surface area contributed by atoms with Crippen LogP contribution in [-0.4, -0.2) is 23.8 Å². The van der Waals surface area contributed by atoms with Gasteiger partial charge in [-0.15, -0.1) is 0 Å². The van der Waals surface area contributed by atoms with Crippen molar-refractivity contribution >= 4 is 0 Å². The van der Waals surface area contributed by atoms with Crippen LogP contribution in [0, 0.1) is 11.3 Å². The quantitative estimate of drug-likeness (QED) is 0.859. The van der Waals surface area contributed by atoms with Gasteiger partial charge in [0.1, 0.15) is 6.10 Å². The molecule has 1 aromatic heterocycles. The average Bonchev–Trinajstić information content (AvgIpc) is 2.74. The number of methoxy groups -OCH3 is 1. The molecule has 5 nitrogen and oxygen atoms in total. The molecule has 0 spiro atoms. The van der Waals surface area contributed by atoms with E-state index in [1.807, 2.05) is 0 Å². The lowest BCUT2D eigenvalue weighted by molar-refractivity contribution is 0.0555. The largest absolute Gasteiger partial charge is 0.373 e. The molecule has 19 heavy (non-hydrogen) atoms. The van der Waals surface area contributed by atoms with Gasteiger partial charge < -0.3 is 15.0 Å². The molecule has 2 N–H and O–H groups in total. The van der Waals surface area contributed by atoms with Crippen molar-refractivity contribution in [3.05, 3.63) is 11.7 Å². The number of hydrogen-bond donors (Lipinski definition) is 1. The molecule has 0 fully saturated rings. The predicted molar refractivity (Wildman–Crippen MR) is 74.8 cm³/mol. The average molecular weight is 269 g/mol. The Morgan fingerprint density at radius 1 is 1.32 bits per heavy atom. The van der Waals surface area contributed by atoms with Crippen LogP contribution >= 0.6 is 0 Å². The minimum atomic E-state index is -0.134. The van der Waals surface area contributed by atoms with Gasteiger partial charge in [0.2, 0.25) is 11.7 Å². The molecule has 2 unspecified atom stereocenters. The topological polar surface area (TPSA) is 74.2 Å². The van der Waals surface area contributed by atoms with Crippen molar-refractivity contribution in [2.24, 2.45) is 17.1 Å². The molecule has 1 heterocycles. The number of hydrogen-bond acceptors (Lipinski definition) is 5. The highest BCUT2D eigenvalue weighted by atomic mass is 16.5. The summed E-state index contributed by atoms with van der Waals surface area (Å²) in [6, 6.07) is 0.